The second-order valence-electron chi connectivity index (χ2n) is 7.18. The van der Waals surface area contributed by atoms with Gasteiger partial charge < -0.3 is 20.3 Å². The topological polar surface area (TPSA) is 71.9 Å². The molecule has 2 aromatic carbocycles. The predicted octanol–water partition coefficient (Wildman–Crippen LogP) is 1.47. The van der Waals surface area contributed by atoms with E-state index in [0.717, 1.165) is 33.0 Å². The summed E-state index contributed by atoms with van der Waals surface area (Å²) in [4.78, 5) is 25.6. The first-order valence-electron chi connectivity index (χ1n) is 9.40. The number of carbonyl (C=O) groups excluding carboxylic acids is 2. The van der Waals surface area contributed by atoms with Crippen LogP contribution in [0, 0.1) is 13.8 Å². The molecule has 2 amide bonds. The first-order valence-corrected chi connectivity index (χ1v) is 9.40. The Morgan fingerprint density at radius 1 is 1.11 bits per heavy atom. The van der Waals surface area contributed by atoms with E-state index in [1.807, 2.05) is 70.3 Å². The van der Waals surface area contributed by atoms with E-state index >= 15 is 0 Å². The maximum absolute atomic E-state index is 12.4. The van der Waals surface area contributed by atoms with E-state index in [9.17, 15) is 9.59 Å². The van der Waals surface area contributed by atoms with Gasteiger partial charge in [0.1, 0.15) is 5.75 Å². The number of likely N-dealkylation sites (N-methyl/N-ethyl adjacent to an activating group) is 1. The SMILES string of the molecule is COc1ccc(CNC(=O)[C@@H](C)[NH+](C)CC(=O)Nc2cc(C)ccc2C)cc1. The minimum absolute atomic E-state index is 0.0899. The van der Waals surface area contributed by atoms with Crippen molar-refractivity contribution in [1.82, 2.24) is 5.32 Å². The standard InChI is InChI=1S/C22H29N3O3/c1-15-6-7-16(2)20(12-15)24-21(26)14-25(4)17(3)22(27)23-13-18-8-10-19(28-5)11-9-18/h6-12,17H,13-14H2,1-5H3,(H,23,27)(H,24,26)/p+1/t17-/m1/s1. The predicted molar refractivity (Wildman–Crippen MR) is 111 cm³/mol. The molecule has 6 heteroatoms. The van der Waals surface area contributed by atoms with Crippen LogP contribution in [0.1, 0.15) is 23.6 Å². The molecular formula is C22H30N3O3+. The van der Waals surface area contributed by atoms with E-state index in [0.29, 0.717) is 6.54 Å². The Balaban J connectivity index is 1.84. The van der Waals surface area contributed by atoms with E-state index in [1.54, 1.807) is 7.11 Å². The normalized spacial score (nSPS) is 12.8. The highest BCUT2D eigenvalue weighted by atomic mass is 16.5. The Labute approximate surface area is 166 Å². The fourth-order valence-corrected chi connectivity index (χ4v) is 2.78. The van der Waals surface area contributed by atoms with Gasteiger partial charge in [-0.15, -0.1) is 0 Å². The average molecular weight is 385 g/mol. The molecule has 2 rings (SSSR count). The smallest absolute Gasteiger partial charge is 0.279 e. The number of nitrogens with one attached hydrogen (secondary N) is 3. The largest absolute Gasteiger partial charge is 0.497 e. The van der Waals surface area contributed by atoms with Crippen LogP contribution in [-0.2, 0) is 16.1 Å². The Kier molecular flexibility index (Phi) is 7.58. The molecule has 28 heavy (non-hydrogen) atoms. The summed E-state index contributed by atoms with van der Waals surface area (Å²) in [7, 11) is 3.47. The zero-order valence-corrected chi connectivity index (χ0v) is 17.3. The molecule has 1 unspecified atom stereocenters. The van der Waals surface area contributed by atoms with Crippen molar-refractivity contribution >= 4 is 17.5 Å². The van der Waals surface area contributed by atoms with Gasteiger partial charge in [0, 0.05) is 12.2 Å². The van der Waals surface area contributed by atoms with Crippen LogP contribution >= 0.6 is 0 Å². The van der Waals surface area contributed by atoms with Crippen LogP contribution < -0.4 is 20.3 Å². The van der Waals surface area contributed by atoms with E-state index < -0.39 is 0 Å². The van der Waals surface area contributed by atoms with Crippen LogP contribution in [0.2, 0.25) is 0 Å². The van der Waals surface area contributed by atoms with Crippen molar-refractivity contribution in [2.24, 2.45) is 0 Å². The molecule has 2 atom stereocenters. The highest BCUT2D eigenvalue weighted by Gasteiger charge is 2.23. The minimum Gasteiger partial charge on any atom is -0.497 e. The molecule has 0 saturated carbocycles. The monoisotopic (exact) mass is 384 g/mol. The summed E-state index contributed by atoms with van der Waals surface area (Å²) in [5.41, 5.74) is 3.91. The molecule has 0 aliphatic rings. The fraction of sp³-hybridized carbons (Fsp3) is 0.364. The number of carbonyl (C=O) groups is 2. The lowest BCUT2D eigenvalue weighted by Gasteiger charge is -2.21. The number of benzene rings is 2. The van der Waals surface area contributed by atoms with Gasteiger partial charge in [0.15, 0.2) is 12.6 Å². The maximum atomic E-state index is 12.4. The Morgan fingerprint density at radius 2 is 1.79 bits per heavy atom. The molecule has 0 radical (unpaired) electrons. The van der Waals surface area contributed by atoms with Crippen molar-refractivity contribution in [3.8, 4) is 5.75 Å². The van der Waals surface area contributed by atoms with Crippen molar-refractivity contribution in [3.63, 3.8) is 0 Å². The van der Waals surface area contributed by atoms with Gasteiger partial charge in [0.25, 0.3) is 11.8 Å². The lowest BCUT2D eigenvalue weighted by molar-refractivity contribution is -0.885. The zero-order valence-electron chi connectivity index (χ0n) is 17.3. The third-order valence-corrected chi connectivity index (χ3v) is 4.86. The van der Waals surface area contributed by atoms with E-state index in [4.69, 9.17) is 4.74 Å². The highest BCUT2D eigenvalue weighted by Crippen LogP contribution is 2.15. The van der Waals surface area contributed by atoms with Crippen molar-refractivity contribution in [3.05, 3.63) is 59.2 Å². The highest BCUT2D eigenvalue weighted by molar-refractivity contribution is 5.92. The summed E-state index contributed by atoms with van der Waals surface area (Å²) in [6, 6.07) is 13.2. The lowest BCUT2D eigenvalue weighted by atomic mass is 10.1. The molecule has 0 saturated heterocycles. The lowest BCUT2D eigenvalue weighted by Crippen LogP contribution is -3.15. The summed E-state index contributed by atoms with van der Waals surface area (Å²) in [5.74, 6) is 0.580. The number of amides is 2. The van der Waals surface area contributed by atoms with Gasteiger partial charge >= 0.3 is 0 Å². The quantitative estimate of drug-likeness (QED) is 0.645. The summed E-state index contributed by atoms with van der Waals surface area (Å²) >= 11 is 0. The summed E-state index contributed by atoms with van der Waals surface area (Å²) < 4.78 is 5.13. The first-order chi connectivity index (χ1) is 13.3. The number of hydrogen-bond acceptors (Lipinski definition) is 3. The number of ether oxygens (including phenoxy) is 1. The van der Waals surface area contributed by atoms with Gasteiger partial charge in [-0.3, -0.25) is 9.59 Å². The summed E-state index contributed by atoms with van der Waals surface area (Å²) in [6.45, 7) is 6.42. The Morgan fingerprint density at radius 3 is 2.43 bits per heavy atom. The third-order valence-electron chi connectivity index (χ3n) is 4.86. The van der Waals surface area contributed by atoms with Gasteiger partial charge in [-0.25, -0.2) is 0 Å². The fourth-order valence-electron chi connectivity index (χ4n) is 2.78. The molecule has 0 heterocycles. The van der Waals surface area contributed by atoms with Crippen molar-refractivity contribution < 1.29 is 19.2 Å². The Hall–Kier alpha value is -2.86. The minimum atomic E-state index is -0.345. The van der Waals surface area contributed by atoms with Gasteiger partial charge in [0.2, 0.25) is 0 Å². The maximum Gasteiger partial charge on any atom is 0.279 e. The Bertz CT molecular complexity index is 818. The van der Waals surface area contributed by atoms with Crippen LogP contribution in [0.25, 0.3) is 0 Å². The number of methoxy groups -OCH3 is 1. The van der Waals surface area contributed by atoms with Gasteiger partial charge in [0.05, 0.1) is 14.2 Å². The number of hydrogen-bond donors (Lipinski definition) is 3. The van der Waals surface area contributed by atoms with Crippen LogP contribution in [0.15, 0.2) is 42.5 Å². The molecule has 6 nitrogen and oxygen atoms in total. The molecule has 3 N–H and O–H groups in total. The second-order valence-corrected chi connectivity index (χ2v) is 7.18. The zero-order chi connectivity index (χ0) is 20.7. The number of anilines is 1. The molecule has 2 aromatic rings. The molecule has 150 valence electrons. The third kappa shape index (κ3) is 6.09. The van der Waals surface area contributed by atoms with Crippen LogP contribution in [-0.4, -0.2) is 38.6 Å². The van der Waals surface area contributed by atoms with Gasteiger partial charge in [-0.2, -0.15) is 0 Å². The van der Waals surface area contributed by atoms with Gasteiger partial charge in [-0.1, -0.05) is 24.3 Å². The van der Waals surface area contributed by atoms with Crippen LogP contribution in [0.3, 0.4) is 0 Å². The van der Waals surface area contributed by atoms with Crippen LogP contribution in [0.5, 0.6) is 5.75 Å². The first kappa shape index (κ1) is 21.4. The molecular weight excluding hydrogens is 354 g/mol. The van der Waals surface area contributed by atoms with E-state index in [-0.39, 0.29) is 24.4 Å². The summed E-state index contributed by atoms with van der Waals surface area (Å²) in [6.07, 6.45) is 0. The second kappa shape index (κ2) is 9.90. The number of aryl methyl sites for hydroxylation is 2. The number of quaternary nitrogens is 1. The molecule has 0 fully saturated rings. The van der Waals surface area contributed by atoms with E-state index in [2.05, 4.69) is 10.6 Å². The molecule has 0 spiro atoms. The van der Waals surface area contributed by atoms with Crippen molar-refractivity contribution in [2.75, 3.05) is 26.0 Å². The summed E-state index contributed by atoms with van der Waals surface area (Å²) in [5, 5.41) is 5.87. The van der Waals surface area contributed by atoms with Gasteiger partial charge in [-0.05, 0) is 55.7 Å². The molecule has 0 bridgehead atoms. The van der Waals surface area contributed by atoms with E-state index in [1.165, 1.54) is 0 Å². The van der Waals surface area contributed by atoms with Crippen LogP contribution in [0.4, 0.5) is 5.69 Å². The molecule has 0 aliphatic heterocycles. The molecule has 0 aromatic heterocycles. The average Bonchev–Trinajstić information content (AvgIpc) is 2.68. The molecule has 0 aliphatic carbocycles. The van der Waals surface area contributed by atoms with Crippen molar-refractivity contribution in [1.29, 1.82) is 0 Å². The van der Waals surface area contributed by atoms with Crippen molar-refractivity contribution in [2.45, 2.75) is 33.4 Å². The number of rotatable bonds is 8.